The van der Waals surface area contributed by atoms with E-state index in [-0.39, 0.29) is 5.38 Å². The fraction of sp³-hybridized carbons (Fsp3) is 0.450. The van der Waals surface area contributed by atoms with Gasteiger partial charge in [0.2, 0.25) is 0 Å². The van der Waals surface area contributed by atoms with Gasteiger partial charge in [-0.15, -0.1) is 18.2 Å². The summed E-state index contributed by atoms with van der Waals surface area (Å²) in [4.78, 5) is 7.03. The molecule has 5 atom stereocenters. The Kier molecular flexibility index (Phi) is 4.23. The molecule has 1 aromatic carbocycles. The molecule has 4 heterocycles. The van der Waals surface area contributed by atoms with Crippen molar-refractivity contribution in [2.75, 3.05) is 20.2 Å². The van der Waals surface area contributed by atoms with Crippen LogP contribution >= 0.6 is 11.6 Å². The maximum absolute atomic E-state index is 7.01. The van der Waals surface area contributed by atoms with E-state index in [4.69, 9.17) is 16.3 Å². The molecule has 2 bridgehead atoms. The van der Waals surface area contributed by atoms with Crippen LogP contribution in [0.5, 0.6) is 5.75 Å². The predicted molar refractivity (Wildman–Crippen MR) is 98.7 cm³/mol. The summed E-state index contributed by atoms with van der Waals surface area (Å²) in [5, 5.41) is 1.07. The number of halogens is 1. The fourth-order valence-corrected chi connectivity index (χ4v) is 4.86. The predicted octanol–water partition coefficient (Wildman–Crippen LogP) is 4.42. The van der Waals surface area contributed by atoms with E-state index in [2.05, 4.69) is 34.7 Å². The van der Waals surface area contributed by atoms with Crippen LogP contribution < -0.4 is 4.74 Å². The second-order valence-corrected chi connectivity index (χ2v) is 7.40. The lowest BCUT2D eigenvalue weighted by molar-refractivity contribution is 0.0173. The number of fused-ring (bicyclic) bond motifs is 4. The number of alkyl halides is 1. The topological polar surface area (TPSA) is 25.4 Å². The van der Waals surface area contributed by atoms with Gasteiger partial charge in [-0.1, -0.05) is 6.08 Å². The zero-order chi connectivity index (χ0) is 16.7. The zero-order valence-corrected chi connectivity index (χ0v) is 14.7. The Hall–Kier alpha value is -1.58. The molecule has 0 aliphatic carbocycles. The van der Waals surface area contributed by atoms with Crippen LogP contribution in [0, 0.1) is 11.8 Å². The Bertz CT molecular complexity index is 762. The Labute approximate surface area is 148 Å². The quantitative estimate of drug-likeness (QED) is 0.607. The van der Waals surface area contributed by atoms with Gasteiger partial charge in [0, 0.05) is 24.2 Å². The number of piperidine rings is 3. The molecule has 3 saturated heterocycles. The van der Waals surface area contributed by atoms with Crippen molar-refractivity contribution in [2.24, 2.45) is 11.8 Å². The molecule has 1 aromatic heterocycles. The van der Waals surface area contributed by atoms with Crippen LogP contribution in [0.1, 0.15) is 23.8 Å². The van der Waals surface area contributed by atoms with E-state index in [9.17, 15) is 0 Å². The third-order valence-electron chi connectivity index (χ3n) is 5.77. The molecule has 0 amide bonds. The molecule has 3 aliphatic rings. The summed E-state index contributed by atoms with van der Waals surface area (Å²) in [5.74, 6) is 2.19. The summed E-state index contributed by atoms with van der Waals surface area (Å²) in [7, 11) is 1.69. The van der Waals surface area contributed by atoms with Crippen molar-refractivity contribution in [3.05, 3.63) is 48.7 Å². The van der Waals surface area contributed by atoms with Crippen molar-refractivity contribution in [1.82, 2.24) is 9.88 Å². The highest BCUT2D eigenvalue weighted by molar-refractivity contribution is 6.22. The maximum Gasteiger partial charge on any atom is 0.119 e. The summed E-state index contributed by atoms with van der Waals surface area (Å²) in [6.07, 6.45) is 6.41. The molecule has 0 saturated carbocycles. The number of hydrogen-bond acceptors (Lipinski definition) is 3. The minimum atomic E-state index is -0.0313. The number of nitrogens with zero attached hydrogens (tertiary/aromatic N) is 2. The van der Waals surface area contributed by atoms with Crippen LogP contribution in [0.3, 0.4) is 0 Å². The van der Waals surface area contributed by atoms with Crippen molar-refractivity contribution in [3.63, 3.8) is 0 Å². The van der Waals surface area contributed by atoms with Crippen LogP contribution in [-0.2, 0) is 0 Å². The minimum absolute atomic E-state index is 0.0313. The second kappa shape index (κ2) is 6.38. The molecule has 0 spiro atoms. The zero-order valence-electron chi connectivity index (χ0n) is 14.0. The Morgan fingerprint density at radius 1 is 1.42 bits per heavy atom. The van der Waals surface area contributed by atoms with E-state index in [1.807, 2.05) is 18.3 Å². The van der Waals surface area contributed by atoms with Crippen LogP contribution in [-0.4, -0.2) is 36.1 Å². The number of methoxy groups -OCH3 is 1. The van der Waals surface area contributed by atoms with E-state index < -0.39 is 0 Å². The second-order valence-electron chi connectivity index (χ2n) is 6.93. The molecule has 1 unspecified atom stereocenters. The van der Waals surface area contributed by atoms with Gasteiger partial charge in [-0.05, 0) is 61.1 Å². The highest BCUT2D eigenvalue weighted by Gasteiger charge is 2.42. The van der Waals surface area contributed by atoms with Gasteiger partial charge in [0.1, 0.15) is 5.75 Å². The van der Waals surface area contributed by atoms with E-state index in [1.54, 1.807) is 7.11 Å². The monoisotopic (exact) mass is 342 g/mol. The van der Waals surface area contributed by atoms with Crippen molar-refractivity contribution in [1.29, 1.82) is 0 Å². The summed E-state index contributed by atoms with van der Waals surface area (Å²) < 4.78 is 5.39. The standard InChI is InChI=1S/C20H23ClN2O/c1-3-13-12-23-9-7-14(13)10-19(23)20(21)16-6-8-22-18-5-4-15(24-2)11-17(16)18/h3-6,8,11,13-14,19-20H,1,7,9-10,12H2,2H3/t13-,14-,19-,20-/m0/s1. The first kappa shape index (κ1) is 15.9. The number of rotatable bonds is 4. The van der Waals surface area contributed by atoms with Gasteiger partial charge in [-0.25, -0.2) is 0 Å². The highest BCUT2D eigenvalue weighted by Crippen LogP contribution is 2.44. The molecule has 0 N–H and O–H groups in total. The molecule has 3 aliphatic heterocycles. The Balaban J connectivity index is 1.69. The van der Waals surface area contributed by atoms with Crippen molar-refractivity contribution < 1.29 is 4.74 Å². The van der Waals surface area contributed by atoms with Crippen LogP contribution in [0.2, 0.25) is 0 Å². The van der Waals surface area contributed by atoms with E-state index in [0.717, 1.165) is 47.6 Å². The third-order valence-corrected chi connectivity index (χ3v) is 6.30. The molecule has 0 radical (unpaired) electrons. The SMILES string of the molecule is C=C[C@H]1CN2CC[C@H]1C[C@H]2[C@@H](Cl)c1ccnc2ccc(OC)cc12. The number of pyridine rings is 1. The molecule has 126 valence electrons. The van der Waals surface area contributed by atoms with Gasteiger partial charge in [0.05, 0.1) is 18.0 Å². The van der Waals surface area contributed by atoms with Gasteiger partial charge < -0.3 is 4.74 Å². The third kappa shape index (κ3) is 2.60. The Morgan fingerprint density at radius 2 is 2.29 bits per heavy atom. The highest BCUT2D eigenvalue weighted by atomic mass is 35.5. The normalized spacial score (nSPS) is 30.2. The minimum Gasteiger partial charge on any atom is -0.497 e. The first-order valence-electron chi connectivity index (χ1n) is 8.64. The number of hydrogen-bond donors (Lipinski definition) is 0. The number of aromatic nitrogens is 1. The van der Waals surface area contributed by atoms with Gasteiger partial charge in [0.25, 0.3) is 0 Å². The summed E-state index contributed by atoms with van der Waals surface area (Å²) in [6, 6.07) is 8.45. The maximum atomic E-state index is 7.01. The van der Waals surface area contributed by atoms with Gasteiger partial charge in [-0.3, -0.25) is 9.88 Å². The smallest absolute Gasteiger partial charge is 0.119 e. The molecule has 3 fully saturated rings. The average molecular weight is 343 g/mol. The molecular formula is C20H23ClN2O. The summed E-state index contributed by atoms with van der Waals surface area (Å²) in [6.45, 7) is 6.25. The average Bonchev–Trinajstić information content (AvgIpc) is 2.66. The van der Waals surface area contributed by atoms with Crippen LogP contribution in [0.4, 0.5) is 0 Å². The number of ether oxygens (including phenoxy) is 1. The fourth-order valence-electron chi connectivity index (χ4n) is 4.40. The lowest BCUT2D eigenvalue weighted by Crippen LogP contribution is -2.54. The molecule has 5 rings (SSSR count). The first-order valence-corrected chi connectivity index (χ1v) is 9.08. The molecule has 4 heteroatoms. The number of benzene rings is 1. The van der Waals surface area contributed by atoms with E-state index in [0.29, 0.717) is 12.0 Å². The first-order chi connectivity index (χ1) is 11.7. The van der Waals surface area contributed by atoms with E-state index >= 15 is 0 Å². The van der Waals surface area contributed by atoms with Crippen molar-refractivity contribution >= 4 is 22.5 Å². The van der Waals surface area contributed by atoms with Crippen molar-refractivity contribution in [3.8, 4) is 5.75 Å². The lowest BCUT2D eigenvalue weighted by atomic mass is 9.74. The van der Waals surface area contributed by atoms with Gasteiger partial charge >= 0.3 is 0 Å². The van der Waals surface area contributed by atoms with Crippen LogP contribution in [0.15, 0.2) is 43.1 Å². The lowest BCUT2D eigenvalue weighted by Gasteiger charge is -2.50. The van der Waals surface area contributed by atoms with Crippen molar-refractivity contribution in [2.45, 2.75) is 24.3 Å². The molecule has 24 heavy (non-hydrogen) atoms. The molecule has 3 nitrogen and oxygen atoms in total. The molecular weight excluding hydrogens is 320 g/mol. The largest absolute Gasteiger partial charge is 0.497 e. The van der Waals surface area contributed by atoms with Gasteiger partial charge in [-0.2, -0.15) is 0 Å². The summed E-state index contributed by atoms with van der Waals surface area (Å²) in [5.41, 5.74) is 2.13. The van der Waals surface area contributed by atoms with E-state index in [1.165, 1.54) is 6.42 Å². The summed E-state index contributed by atoms with van der Waals surface area (Å²) >= 11 is 7.01. The van der Waals surface area contributed by atoms with Gasteiger partial charge in [0.15, 0.2) is 0 Å². The molecule has 2 aromatic rings. The Morgan fingerprint density at radius 3 is 3.00 bits per heavy atom. The van der Waals surface area contributed by atoms with Crippen LogP contribution in [0.25, 0.3) is 10.9 Å².